The zero-order chi connectivity index (χ0) is 15.5. The number of amides is 1. The summed E-state index contributed by atoms with van der Waals surface area (Å²) in [6.45, 7) is 0.814. The first kappa shape index (κ1) is 14.3. The molecule has 0 radical (unpaired) electrons. The maximum absolute atomic E-state index is 12.3. The van der Waals surface area contributed by atoms with Gasteiger partial charge in [-0.2, -0.15) is 5.10 Å². The summed E-state index contributed by atoms with van der Waals surface area (Å²) >= 11 is 0. The zero-order valence-electron chi connectivity index (χ0n) is 12.3. The molecule has 0 bridgehead atoms. The van der Waals surface area contributed by atoms with Crippen molar-refractivity contribution in [3.63, 3.8) is 0 Å². The smallest absolute Gasteiger partial charge is 0.337 e. The second kappa shape index (κ2) is 6.01. The van der Waals surface area contributed by atoms with E-state index in [1.165, 1.54) is 7.11 Å². The van der Waals surface area contributed by atoms with Crippen LogP contribution in [0.1, 0.15) is 32.8 Å². The number of carbonyl (C=O) groups is 2. The average Bonchev–Trinajstić information content (AvgIpc) is 3.02. The van der Waals surface area contributed by atoms with E-state index < -0.39 is 5.97 Å². The molecule has 2 heterocycles. The Balaban J connectivity index is 1.64. The van der Waals surface area contributed by atoms with Crippen LogP contribution in [0.15, 0.2) is 36.5 Å². The van der Waals surface area contributed by atoms with E-state index >= 15 is 0 Å². The highest BCUT2D eigenvalue weighted by Gasteiger charge is 2.21. The number of hydrogen-bond donors (Lipinski definition) is 1. The molecule has 0 unspecified atom stereocenters. The number of aromatic nitrogens is 2. The van der Waals surface area contributed by atoms with Crippen LogP contribution in [0.4, 0.5) is 0 Å². The van der Waals surface area contributed by atoms with Crippen molar-refractivity contribution in [1.82, 2.24) is 15.1 Å². The third-order valence-electron chi connectivity index (χ3n) is 3.85. The molecule has 2 aromatic rings. The molecule has 0 aliphatic carbocycles. The van der Waals surface area contributed by atoms with Crippen LogP contribution < -0.4 is 5.32 Å². The highest BCUT2D eigenvalue weighted by atomic mass is 16.5. The quantitative estimate of drug-likeness (QED) is 0.870. The number of aryl methyl sites for hydroxylation is 1. The van der Waals surface area contributed by atoms with Crippen LogP contribution >= 0.6 is 0 Å². The van der Waals surface area contributed by atoms with Gasteiger partial charge in [-0.05, 0) is 36.8 Å². The Morgan fingerprint density at radius 1 is 1.23 bits per heavy atom. The predicted octanol–water partition coefficient (Wildman–Crippen LogP) is 1.41. The fourth-order valence-corrected chi connectivity index (χ4v) is 2.63. The van der Waals surface area contributed by atoms with Crippen LogP contribution in [-0.4, -0.2) is 34.8 Å². The average molecular weight is 299 g/mol. The van der Waals surface area contributed by atoms with Crippen molar-refractivity contribution < 1.29 is 14.3 Å². The van der Waals surface area contributed by atoms with E-state index in [0.29, 0.717) is 11.1 Å². The Morgan fingerprint density at radius 2 is 1.95 bits per heavy atom. The van der Waals surface area contributed by atoms with Gasteiger partial charge in [-0.3, -0.25) is 9.48 Å². The number of fused-ring (bicyclic) bond motifs is 1. The van der Waals surface area contributed by atoms with Crippen LogP contribution in [0.3, 0.4) is 0 Å². The Labute approximate surface area is 128 Å². The lowest BCUT2D eigenvalue weighted by Gasteiger charge is -2.24. The van der Waals surface area contributed by atoms with Crippen LogP contribution in [0.5, 0.6) is 0 Å². The van der Waals surface area contributed by atoms with E-state index in [0.717, 1.165) is 25.1 Å². The van der Waals surface area contributed by atoms with Crippen molar-refractivity contribution in [2.75, 3.05) is 7.11 Å². The molecule has 0 fully saturated rings. The van der Waals surface area contributed by atoms with Gasteiger partial charge >= 0.3 is 5.97 Å². The van der Waals surface area contributed by atoms with Crippen molar-refractivity contribution in [2.24, 2.45) is 0 Å². The minimum absolute atomic E-state index is 0.108. The minimum atomic E-state index is -0.410. The van der Waals surface area contributed by atoms with Gasteiger partial charge in [0.1, 0.15) is 0 Å². The number of nitrogens with zero attached hydrogens (tertiary/aromatic N) is 2. The van der Waals surface area contributed by atoms with Crippen LogP contribution in [0, 0.1) is 0 Å². The number of carbonyl (C=O) groups excluding carboxylic acids is 2. The molecule has 1 aliphatic rings. The fourth-order valence-electron chi connectivity index (χ4n) is 2.63. The van der Waals surface area contributed by atoms with Crippen LogP contribution in [0.2, 0.25) is 0 Å². The molecule has 1 amide bonds. The standard InChI is InChI=1S/C16H17N3O3/c1-22-16(21)12-4-2-11(3-5-12)15(20)18-13-7-9-19-14(10-13)6-8-17-19/h2-6,8,13H,7,9-10H2,1H3,(H,18,20)/t13-/m1/s1. The minimum Gasteiger partial charge on any atom is -0.465 e. The van der Waals surface area contributed by atoms with Gasteiger partial charge in [0.15, 0.2) is 0 Å². The van der Waals surface area contributed by atoms with Gasteiger partial charge in [0.2, 0.25) is 0 Å². The van der Waals surface area contributed by atoms with E-state index in [4.69, 9.17) is 0 Å². The summed E-state index contributed by atoms with van der Waals surface area (Å²) in [4.78, 5) is 23.6. The Morgan fingerprint density at radius 3 is 2.68 bits per heavy atom. The van der Waals surface area contributed by atoms with Crippen molar-refractivity contribution in [1.29, 1.82) is 0 Å². The highest BCUT2D eigenvalue weighted by Crippen LogP contribution is 2.14. The van der Waals surface area contributed by atoms with Gasteiger partial charge in [-0.15, -0.1) is 0 Å². The van der Waals surface area contributed by atoms with Crippen molar-refractivity contribution in [3.8, 4) is 0 Å². The molecule has 3 rings (SSSR count). The summed E-state index contributed by atoms with van der Waals surface area (Å²) in [6, 6.07) is 8.54. The third-order valence-corrected chi connectivity index (χ3v) is 3.85. The lowest BCUT2D eigenvalue weighted by molar-refractivity contribution is 0.0600. The fraction of sp³-hybridized carbons (Fsp3) is 0.312. The normalized spacial score (nSPS) is 16.7. The van der Waals surface area contributed by atoms with E-state index in [9.17, 15) is 9.59 Å². The molecule has 0 spiro atoms. The molecule has 22 heavy (non-hydrogen) atoms. The number of hydrogen-bond acceptors (Lipinski definition) is 4. The molecular weight excluding hydrogens is 282 g/mol. The van der Waals surface area contributed by atoms with Crippen LogP contribution in [0.25, 0.3) is 0 Å². The Hall–Kier alpha value is -2.63. The topological polar surface area (TPSA) is 73.2 Å². The molecular formula is C16H17N3O3. The van der Waals surface area contributed by atoms with Crippen LogP contribution in [-0.2, 0) is 17.7 Å². The predicted molar refractivity (Wildman–Crippen MR) is 79.6 cm³/mol. The van der Waals surface area contributed by atoms with E-state index in [1.54, 1.807) is 30.5 Å². The highest BCUT2D eigenvalue weighted by molar-refractivity contribution is 5.96. The molecule has 1 atom stereocenters. The Bertz CT molecular complexity index is 691. The van der Waals surface area contributed by atoms with Gasteiger partial charge < -0.3 is 10.1 Å². The summed E-state index contributed by atoms with van der Waals surface area (Å²) in [7, 11) is 1.33. The largest absolute Gasteiger partial charge is 0.465 e. The number of rotatable bonds is 3. The lowest BCUT2D eigenvalue weighted by Crippen LogP contribution is -2.40. The molecule has 0 saturated heterocycles. The summed E-state index contributed by atoms with van der Waals surface area (Å²) in [5.74, 6) is -0.540. The lowest BCUT2D eigenvalue weighted by atomic mass is 10.0. The number of benzene rings is 1. The van der Waals surface area contributed by atoms with Crippen molar-refractivity contribution >= 4 is 11.9 Å². The summed E-state index contributed by atoms with van der Waals surface area (Å²) in [6.07, 6.45) is 3.43. The zero-order valence-corrected chi connectivity index (χ0v) is 12.3. The van der Waals surface area contributed by atoms with E-state index in [1.807, 2.05) is 10.7 Å². The molecule has 1 aromatic carbocycles. The SMILES string of the molecule is COC(=O)c1ccc(C(=O)N[C@@H]2CCn3nccc3C2)cc1. The summed E-state index contributed by atoms with van der Waals surface area (Å²) in [5, 5.41) is 7.26. The number of ether oxygens (including phenoxy) is 1. The maximum Gasteiger partial charge on any atom is 0.337 e. The number of methoxy groups -OCH3 is 1. The van der Waals surface area contributed by atoms with Gasteiger partial charge in [-0.25, -0.2) is 4.79 Å². The summed E-state index contributed by atoms with van der Waals surface area (Å²) in [5.41, 5.74) is 2.10. The molecule has 1 N–H and O–H groups in total. The monoisotopic (exact) mass is 299 g/mol. The van der Waals surface area contributed by atoms with Gasteiger partial charge in [0.05, 0.1) is 12.7 Å². The molecule has 1 aliphatic heterocycles. The third kappa shape index (κ3) is 2.86. The first-order valence-corrected chi connectivity index (χ1v) is 7.17. The molecule has 6 nitrogen and oxygen atoms in total. The second-order valence-electron chi connectivity index (χ2n) is 5.28. The molecule has 1 aromatic heterocycles. The Kier molecular flexibility index (Phi) is 3.91. The summed E-state index contributed by atoms with van der Waals surface area (Å²) < 4.78 is 6.60. The second-order valence-corrected chi connectivity index (χ2v) is 5.28. The maximum atomic E-state index is 12.3. The molecule has 0 saturated carbocycles. The number of esters is 1. The molecule has 114 valence electrons. The first-order chi connectivity index (χ1) is 10.7. The van der Waals surface area contributed by atoms with Gasteiger partial charge in [0, 0.05) is 36.5 Å². The van der Waals surface area contributed by atoms with Gasteiger partial charge in [0.25, 0.3) is 5.91 Å². The van der Waals surface area contributed by atoms with Gasteiger partial charge in [-0.1, -0.05) is 0 Å². The molecule has 6 heteroatoms. The number of nitrogens with one attached hydrogen (secondary N) is 1. The van der Waals surface area contributed by atoms with E-state index in [2.05, 4.69) is 15.2 Å². The first-order valence-electron chi connectivity index (χ1n) is 7.17. The van der Waals surface area contributed by atoms with Crippen molar-refractivity contribution in [3.05, 3.63) is 53.3 Å². The van der Waals surface area contributed by atoms with E-state index in [-0.39, 0.29) is 11.9 Å². The van der Waals surface area contributed by atoms with Crippen molar-refractivity contribution in [2.45, 2.75) is 25.4 Å².